The van der Waals surface area contributed by atoms with Crippen molar-refractivity contribution in [2.24, 2.45) is 0 Å². The van der Waals surface area contributed by atoms with Gasteiger partial charge in [-0.05, 0) is 32.0 Å². The minimum Gasteiger partial charge on any atom is -0.496 e. The molecule has 0 amide bonds. The van der Waals surface area contributed by atoms with Crippen molar-refractivity contribution >= 4 is 9.84 Å². The first-order valence-corrected chi connectivity index (χ1v) is 8.39. The van der Waals surface area contributed by atoms with E-state index in [-0.39, 0.29) is 11.8 Å². The summed E-state index contributed by atoms with van der Waals surface area (Å²) in [4.78, 5) is 2.06. The third-order valence-electron chi connectivity index (χ3n) is 3.28. The minimum absolute atomic E-state index is 0.194. The second kappa shape index (κ2) is 6.91. The Labute approximate surface area is 116 Å². The van der Waals surface area contributed by atoms with Crippen molar-refractivity contribution in [2.45, 2.75) is 19.4 Å². The molecule has 1 rings (SSSR count). The Balaban J connectivity index is 2.61. The van der Waals surface area contributed by atoms with Gasteiger partial charge in [-0.15, -0.1) is 0 Å². The summed E-state index contributed by atoms with van der Waals surface area (Å²) in [5, 5.41) is 0. The molecule has 1 aromatic carbocycles. The molecular formula is C14H23NO3S. The molecule has 0 spiro atoms. The van der Waals surface area contributed by atoms with Crippen LogP contribution in [0.5, 0.6) is 5.75 Å². The summed E-state index contributed by atoms with van der Waals surface area (Å²) >= 11 is 0. The second-order valence-corrected chi connectivity index (χ2v) is 7.24. The molecule has 1 atom stereocenters. The molecule has 0 saturated heterocycles. The van der Waals surface area contributed by atoms with E-state index >= 15 is 0 Å². The van der Waals surface area contributed by atoms with E-state index in [1.807, 2.05) is 31.3 Å². The Morgan fingerprint density at radius 3 is 2.53 bits per heavy atom. The minimum atomic E-state index is -2.90. The van der Waals surface area contributed by atoms with Gasteiger partial charge in [0.1, 0.15) is 15.6 Å². The van der Waals surface area contributed by atoms with Crippen LogP contribution in [0.3, 0.4) is 0 Å². The number of benzene rings is 1. The first-order chi connectivity index (χ1) is 8.83. The SMILES string of the molecule is COc1ccccc1C[C@H](C)N(C)CCS(C)(=O)=O. The van der Waals surface area contributed by atoms with Gasteiger partial charge in [-0.1, -0.05) is 18.2 Å². The number of hydrogen-bond acceptors (Lipinski definition) is 4. The molecule has 0 aliphatic carbocycles. The number of nitrogens with zero attached hydrogens (tertiary/aromatic N) is 1. The molecule has 0 fully saturated rings. The molecule has 0 radical (unpaired) electrons. The molecule has 0 N–H and O–H groups in total. The zero-order valence-electron chi connectivity index (χ0n) is 12.1. The lowest BCUT2D eigenvalue weighted by atomic mass is 10.1. The van der Waals surface area contributed by atoms with Gasteiger partial charge in [-0.25, -0.2) is 8.42 Å². The molecule has 108 valence electrons. The molecule has 0 heterocycles. The molecule has 19 heavy (non-hydrogen) atoms. The summed E-state index contributed by atoms with van der Waals surface area (Å²) in [6.45, 7) is 2.64. The molecular weight excluding hydrogens is 262 g/mol. The fourth-order valence-corrected chi connectivity index (χ4v) is 2.50. The van der Waals surface area contributed by atoms with Crippen molar-refractivity contribution in [1.29, 1.82) is 0 Å². The molecule has 1 aromatic rings. The predicted molar refractivity (Wildman–Crippen MR) is 78.5 cm³/mol. The van der Waals surface area contributed by atoms with Crippen LogP contribution in [0.15, 0.2) is 24.3 Å². The van der Waals surface area contributed by atoms with Crippen LogP contribution < -0.4 is 4.74 Å². The lowest BCUT2D eigenvalue weighted by molar-refractivity contribution is 0.268. The fourth-order valence-electron chi connectivity index (χ4n) is 1.88. The van der Waals surface area contributed by atoms with Crippen molar-refractivity contribution in [3.8, 4) is 5.75 Å². The van der Waals surface area contributed by atoms with Crippen LogP contribution in [0.1, 0.15) is 12.5 Å². The van der Waals surface area contributed by atoms with Gasteiger partial charge in [-0.2, -0.15) is 0 Å². The predicted octanol–water partition coefficient (Wildman–Crippen LogP) is 1.60. The Bertz CT molecular complexity index is 499. The van der Waals surface area contributed by atoms with E-state index in [0.29, 0.717) is 6.54 Å². The van der Waals surface area contributed by atoms with Crippen LogP contribution in [0.4, 0.5) is 0 Å². The van der Waals surface area contributed by atoms with Gasteiger partial charge in [0.05, 0.1) is 12.9 Å². The highest BCUT2D eigenvalue weighted by molar-refractivity contribution is 7.90. The van der Waals surface area contributed by atoms with Gasteiger partial charge in [0.25, 0.3) is 0 Å². The maximum atomic E-state index is 11.2. The smallest absolute Gasteiger partial charge is 0.148 e. The topological polar surface area (TPSA) is 46.6 Å². The van der Waals surface area contributed by atoms with E-state index in [4.69, 9.17) is 4.74 Å². The molecule has 0 aliphatic rings. The number of rotatable bonds is 7. The monoisotopic (exact) mass is 285 g/mol. The van der Waals surface area contributed by atoms with Crippen LogP contribution in [0, 0.1) is 0 Å². The molecule has 0 saturated carbocycles. The van der Waals surface area contributed by atoms with Gasteiger partial charge >= 0.3 is 0 Å². The standard InChI is InChI=1S/C14H23NO3S/c1-12(15(2)9-10-19(4,16)17)11-13-7-5-6-8-14(13)18-3/h5-8,12H,9-11H2,1-4H3/t12-/m0/s1. The normalized spacial score (nSPS) is 13.5. The van der Waals surface area contributed by atoms with E-state index in [2.05, 4.69) is 11.8 Å². The Morgan fingerprint density at radius 2 is 1.95 bits per heavy atom. The number of para-hydroxylation sites is 1. The number of methoxy groups -OCH3 is 1. The highest BCUT2D eigenvalue weighted by atomic mass is 32.2. The first kappa shape index (κ1) is 16.0. The summed E-state index contributed by atoms with van der Waals surface area (Å²) in [5.74, 6) is 1.07. The van der Waals surface area contributed by atoms with Crippen LogP contribution in [0.25, 0.3) is 0 Å². The van der Waals surface area contributed by atoms with E-state index < -0.39 is 9.84 Å². The maximum Gasteiger partial charge on any atom is 0.148 e. The molecule has 0 aromatic heterocycles. The van der Waals surface area contributed by atoms with Gasteiger partial charge < -0.3 is 9.64 Å². The second-order valence-electron chi connectivity index (χ2n) is 4.98. The molecule has 4 nitrogen and oxygen atoms in total. The zero-order chi connectivity index (χ0) is 14.5. The average molecular weight is 285 g/mol. The number of sulfone groups is 1. The van der Waals surface area contributed by atoms with Crippen molar-refractivity contribution in [3.63, 3.8) is 0 Å². The van der Waals surface area contributed by atoms with Gasteiger partial charge in [0.15, 0.2) is 0 Å². The van der Waals surface area contributed by atoms with Crippen LogP contribution >= 0.6 is 0 Å². The summed E-state index contributed by atoms with van der Waals surface area (Å²) < 4.78 is 27.7. The van der Waals surface area contributed by atoms with E-state index in [1.165, 1.54) is 6.26 Å². The summed E-state index contributed by atoms with van der Waals surface area (Å²) in [6, 6.07) is 8.18. The Kier molecular flexibility index (Phi) is 5.82. The fraction of sp³-hybridized carbons (Fsp3) is 0.571. The van der Waals surface area contributed by atoms with Crippen LogP contribution in [-0.4, -0.2) is 52.1 Å². The Morgan fingerprint density at radius 1 is 1.32 bits per heavy atom. The van der Waals surface area contributed by atoms with E-state index in [1.54, 1.807) is 7.11 Å². The van der Waals surface area contributed by atoms with Crippen molar-refractivity contribution < 1.29 is 13.2 Å². The number of ether oxygens (including phenoxy) is 1. The third-order valence-corrected chi connectivity index (χ3v) is 4.20. The molecule has 5 heteroatoms. The number of hydrogen-bond donors (Lipinski definition) is 0. The molecule has 0 bridgehead atoms. The molecule has 0 aliphatic heterocycles. The Hall–Kier alpha value is -1.07. The zero-order valence-corrected chi connectivity index (χ0v) is 12.9. The largest absolute Gasteiger partial charge is 0.496 e. The highest BCUT2D eigenvalue weighted by Crippen LogP contribution is 2.20. The van der Waals surface area contributed by atoms with Crippen molar-refractivity contribution in [2.75, 3.05) is 32.7 Å². The third kappa shape index (κ3) is 5.61. The summed E-state index contributed by atoms with van der Waals surface area (Å²) in [7, 11) is 0.708. The van der Waals surface area contributed by atoms with E-state index in [0.717, 1.165) is 17.7 Å². The average Bonchev–Trinajstić information content (AvgIpc) is 2.35. The lowest BCUT2D eigenvalue weighted by Gasteiger charge is -2.25. The maximum absolute atomic E-state index is 11.2. The van der Waals surface area contributed by atoms with Crippen molar-refractivity contribution in [3.05, 3.63) is 29.8 Å². The van der Waals surface area contributed by atoms with Crippen molar-refractivity contribution in [1.82, 2.24) is 4.90 Å². The summed E-state index contributed by atoms with van der Waals surface area (Å²) in [6.07, 6.45) is 2.11. The van der Waals surface area contributed by atoms with Gasteiger partial charge in [0.2, 0.25) is 0 Å². The summed E-state index contributed by atoms with van der Waals surface area (Å²) in [5.41, 5.74) is 1.14. The van der Waals surface area contributed by atoms with Crippen LogP contribution in [0.2, 0.25) is 0 Å². The highest BCUT2D eigenvalue weighted by Gasteiger charge is 2.14. The van der Waals surface area contributed by atoms with Gasteiger partial charge in [0, 0.05) is 18.8 Å². The molecule has 0 unspecified atom stereocenters. The van der Waals surface area contributed by atoms with Gasteiger partial charge in [-0.3, -0.25) is 0 Å². The van der Waals surface area contributed by atoms with Crippen LogP contribution in [-0.2, 0) is 16.3 Å². The first-order valence-electron chi connectivity index (χ1n) is 6.33. The quantitative estimate of drug-likeness (QED) is 0.763. The lowest BCUT2D eigenvalue weighted by Crippen LogP contribution is -2.34. The van der Waals surface area contributed by atoms with E-state index in [9.17, 15) is 8.42 Å². The number of likely N-dealkylation sites (N-methyl/N-ethyl adjacent to an activating group) is 1.